The second-order valence-corrected chi connectivity index (χ2v) is 9.39. The minimum absolute atomic E-state index is 0.00481. The highest BCUT2D eigenvalue weighted by atomic mass is 32.2. The molecule has 4 atom stereocenters. The van der Waals surface area contributed by atoms with Gasteiger partial charge in [0, 0.05) is 30.3 Å². The maximum atomic E-state index is 11.7. The van der Waals surface area contributed by atoms with Crippen LogP contribution in [0.25, 0.3) is 0 Å². The van der Waals surface area contributed by atoms with E-state index in [0.717, 1.165) is 27.4 Å². The predicted octanol–water partition coefficient (Wildman–Crippen LogP) is 3.70. The van der Waals surface area contributed by atoms with Crippen LogP contribution in [0.4, 0.5) is 4.79 Å². The van der Waals surface area contributed by atoms with Crippen molar-refractivity contribution >= 4 is 17.8 Å². The number of nitrogens with zero attached hydrogens (tertiary/aromatic N) is 2. The Balaban J connectivity index is 1.50. The number of aromatic nitrogens is 3. The number of nitrogens with one attached hydrogen (secondary N) is 3. The Morgan fingerprint density at radius 1 is 1.06 bits per heavy atom. The summed E-state index contributed by atoms with van der Waals surface area (Å²) in [5, 5.41) is 22.5. The van der Waals surface area contributed by atoms with Gasteiger partial charge in [0.2, 0.25) is 0 Å². The maximum Gasteiger partial charge on any atom is 0.315 e. The van der Waals surface area contributed by atoms with Gasteiger partial charge in [-0.1, -0.05) is 67.2 Å². The molecule has 0 bridgehead atoms. The number of carbonyl (C=O) groups excluding carboxylic acids is 1. The van der Waals surface area contributed by atoms with E-state index in [1.54, 1.807) is 11.8 Å². The standard InChI is InChI=1S/C25H31N5O4S/c1-3-26-24(32)27-12-17-4-10-20(11-5-17)23-33-21(14-35-25-28-15-29-30-25)16(2)22(34-23)19-8-6-18(13-31)7-9-19/h4-11,15-16,21-23,31H,3,12-14H2,1-2H3,(H2,26,27,32)(H,28,29,30)/t16-,21+,22+,23?/m0/s1. The number of urea groups is 1. The largest absolute Gasteiger partial charge is 0.392 e. The van der Waals surface area contributed by atoms with Crippen molar-refractivity contribution < 1.29 is 19.4 Å². The number of thioether (sulfide) groups is 1. The lowest BCUT2D eigenvalue weighted by molar-refractivity contribution is -0.268. The van der Waals surface area contributed by atoms with E-state index in [1.165, 1.54) is 6.33 Å². The molecule has 2 heterocycles. The second-order valence-electron chi connectivity index (χ2n) is 8.38. The Hall–Kier alpha value is -2.92. The fourth-order valence-electron chi connectivity index (χ4n) is 3.93. The van der Waals surface area contributed by atoms with E-state index in [0.29, 0.717) is 18.8 Å². The third kappa shape index (κ3) is 6.61. The van der Waals surface area contributed by atoms with Crippen molar-refractivity contribution in [2.24, 2.45) is 5.92 Å². The molecule has 1 saturated heterocycles. The molecule has 0 spiro atoms. The first-order valence-electron chi connectivity index (χ1n) is 11.7. The summed E-state index contributed by atoms with van der Waals surface area (Å²) in [6.07, 6.45) is 0.679. The zero-order chi connectivity index (χ0) is 24.6. The van der Waals surface area contributed by atoms with Gasteiger partial charge in [0.1, 0.15) is 6.33 Å². The molecule has 2 aromatic carbocycles. The normalized spacial score (nSPS) is 22.0. The molecule has 35 heavy (non-hydrogen) atoms. The summed E-state index contributed by atoms with van der Waals surface area (Å²) >= 11 is 1.56. The summed E-state index contributed by atoms with van der Waals surface area (Å²) in [5.74, 6) is 0.776. The van der Waals surface area contributed by atoms with Gasteiger partial charge in [0.05, 0.1) is 18.8 Å². The molecule has 2 amide bonds. The van der Waals surface area contributed by atoms with Crippen LogP contribution >= 0.6 is 11.8 Å². The highest BCUT2D eigenvalue weighted by Crippen LogP contribution is 2.42. The zero-order valence-corrected chi connectivity index (χ0v) is 20.6. The molecule has 0 saturated carbocycles. The first-order valence-corrected chi connectivity index (χ1v) is 12.6. The summed E-state index contributed by atoms with van der Waals surface area (Å²) in [6, 6.07) is 15.6. The number of hydrogen-bond donors (Lipinski definition) is 4. The van der Waals surface area contributed by atoms with Crippen molar-refractivity contribution in [3.8, 4) is 0 Å². The molecule has 4 rings (SSSR count). The van der Waals surface area contributed by atoms with Gasteiger partial charge in [-0.3, -0.25) is 5.10 Å². The van der Waals surface area contributed by atoms with Gasteiger partial charge in [-0.15, -0.1) is 0 Å². The molecule has 1 fully saturated rings. The number of H-pyrrole nitrogens is 1. The molecule has 1 aromatic heterocycles. The monoisotopic (exact) mass is 497 g/mol. The van der Waals surface area contributed by atoms with Gasteiger partial charge in [0.25, 0.3) is 0 Å². The van der Waals surface area contributed by atoms with Crippen LogP contribution in [-0.2, 0) is 22.6 Å². The number of rotatable bonds is 9. The van der Waals surface area contributed by atoms with Crippen molar-refractivity contribution in [2.75, 3.05) is 12.3 Å². The molecule has 186 valence electrons. The van der Waals surface area contributed by atoms with Gasteiger partial charge in [-0.2, -0.15) is 5.10 Å². The first kappa shape index (κ1) is 25.2. The Bertz CT molecular complexity index is 1060. The fourth-order valence-corrected chi connectivity index (χ4v) is 4.88. The van der Waals surface area contributed by atoms with E-state index in [2.05, 4.69) is 32.7 Å². The molecular weight excluding hydrogens is 466 g/mol. The minimum Gasteiger partial charge on any atom is -0.392 e. The van der Waals surface area contributed by atoms with Crippen LogP contribution in [0.2, 0.25) is 0 Å². The van der Waals surface area contributed by atoms with E-state index >= 15 is 0 Å². The van der Waals surface area contributed by atoms with Gasteiger partial charge >= 0.3 is 6.03 Å². The summed E-state index contributed by atoms with van der Waals surface area (Å²) < 4.78 is 12.9. The summed E-state index contributed by atoms with van der Waals surface area (Å²) in [4.78, 5) is 15.9. The molecule has 1 aliphatic heterocycles. The quantitative estimate of drug-likeness (QED) is 0.333. The molecule has 9 nitrogen and oxygen atoms in total. The minimum atomic E-state index is -0.542. The number of hydrogen-bond acceptors (Lipinski definition) is 7. The number of benzene rings is 2. The third-order valence-corrected chi connectivity index (χ3v) is 6.91. The molecule has 1 aliphatic rings. The smallest absolute Gasteiger partial charge is 0.315 e. The Morgan fingerprint density at radius 2 is 1.77 bits per heavy atom. The van der Waals surface area contributed by atoms with Gasteiger partial charge in [0.15, 0.2) is 11.4 Å². The topological polar surface area (TPSA) is 121 Å². The number of amides is 2. The van der Waals surface area contributed by atoms with Crippen LogP contribution in [0.3, 0.4) is 0 Å². The van der Waals surface area contributed by atoms with Crippen LogP contribution in [0.1, 0.15) is 48.5 Å². The Kier molecular flexibility index (Phi) is 8.75. The molecule has 4 N–H and O–H groups in total. The van der Waals surface area contributed by atoms with E-state index in [1.807, 2.05) is 55.5 Å². The lowest BCUT2D eigenvalue weighted by Crippen LogP contribution is -2.38. The van der Waals surface area contributed by atoms with E-state index in [-0.39, 0.29) is 30.8 Å². The summed E-state index contributed by atoms with van der Waals surface area (Å²) in [6.45, 7) is 5.03. The van der Waals surface area contributed by atoms with Gasteiger partial charge in [-0.05, 0) is 23.6 Å². The lowest BCUT2D eigenvalue weighted by Gasteiger charge is -2.41. The molecule has 1 unspecified atom stereocenters. The third-order valence-electron chi connectivity index (χ3n) is 5.94. The summed E-state index contributed by atoms with van der Waals surface area (Å²) in [5.41, 5.74) is 3.79. The average molecular weight is 498 g/mol. The van der Waals surface area contributed by atoms with Crippen molar-refractivity contribution in [3.05, 3.63) is 77.1 Å². The predicted molar refractivity (Wildman–Crippen MR) is 132 cm³/mol. The highest BCUT2D eigenvalue weighted by molar-refractivity contribution is 7.99. The Morgan fingerprint density at radius 3 is 2.43 bits per heavy atom. The number of aliphatic hydroxyl groups excluding tert-OH is 1. The van der Waals surface area contributed by atoms with Crippen molar-refractivity contribution in [1.82, 2.24) is 25.8 Å². The number of carbonyl (C=O) groups is 1. The zero-order valence-electron chi connectivity index (χ0n) is 19.8. The average Bonchev–Trinajstić information content (AvgIpc) is 3.41. The molecule has 10 heteroatoms. The van der Waals surface area contributed by atoms with E-state index in [4.69, 9.17) is 9.47 Å². The van der Waals surface area contributed by atoms with Crippen molar-refractivity contribution in [1.29, 1.82) is 0 Å². The van der Waals surface area contributed by atoms with Crippen LogP contribution < -0.4 is 10.6 Å². The first-order chi connectivity index (χ1) is 17.1. The maximum absolute atomic E-state index is 11.7. The van der Waals surface area contributed by atoms with Crippen molar-refractivity contribution in [3.63, 3.8) is 0 Å². The number of aromatic amines is 1. The number of ether oxygens (including phenoxy) is 2. The molecule has 3 aromatic rings. The molecule has 0 aliphatic carbocycles. The van der Waals surface area contributed by atoms with Crippen molar-refractivity contribution in [2.45, 2.75) is 50.7 Å². The van der Waals surface area contributed by atoms with Crippen LogP contribution in [0.15, 0.2) is 60.0 Å². The highest BCUT2D eigenvalue weighted by Gasteiger charge is 2.38. The van der Waals surface area contributed by atoms with E-state index in [9.17, 15) is 9.90 Å². The van der Waals surface area contributed by atoms with Gasteiger partial charge < -0.3 is 25.2 Å². The summed E-state index contributed by atoms with van der Waals surface area (Å²) in [7, 11) is 0. The number of aliphatic hydroxyl groups is 1. The van der Waals surface area contributed by atoms with Crippen LogP contribution in [-0.4, -0.2) is 44.7 Å². The van der Waals surface area contributed by atoms with Crippen LogP contribution in [0, 0.1) is 5.92 Å². The SMILES string of the molecule is CCNC(=O)NCc1ccc(C2O[C@H](CSc3ncn[nH]3)[C@H](C)[C@H](c3ccc(CO)cc3)O2)cc1. The van der Waals surface area contributed by atoms with Gasteiger partial charge in [-0.25, -0.2) is 9.78 Å². The Labute approximate surface area is 209 Å². The van der Waals surface area contributed by atoms with E-state index < -0.39 is 6.29 Å². The fraction of sp³-hybridized carbons (Fsp3) is 0.400. The van der Waals surface area contributed by atoms with Crippen LogP contribution in [0.5, 0.6) is 0 Å². The lowest BCUT2D eigenvalue weighted by atomic mass is 9.91. The molecular formula is C25H31N5O4S. The second kappa shape index (κ2) is 12.2. The molecule has 0 radical (unpaired) electrons.